The number of aromatic nitrogens is 3. The maximum absolute atomic E-state index is 6.21. The second-order valence-electron chi connectivity index (χ2n) is 5.08. The lowest BCUT2D eigenvalue weighted by molar-refractivity contribution is 0.804. The quantitative estimate of drug-likeness (QED) is 0.732. The van der Waals surface area contributed by atoms with E-state index in [9.17, 15) is 0 Å². The van der Waals surface area contributed by atoms with Crippen molar-refractivity contribution in [1.29, 1.82) is 0 Å². The summed E-state index contributed by atoms with van der Waals surface area (Å²) in [7, 11) is 0. The molecule has 3 rings (SSSR count). The van der Waals surface area contributed by atoms with E-state index in [1.54, 1.807) is 16.8 Å². The van der Waals surface area contributed by atoms with Gasteiger partial charge < -0.3 is 5.73 Å². The van der Waals surface area contributed by atoms with Crippen molar-refractivity contribution >= 4 is 17.3 Å². The summed E-state index contributed by atoms with van der Waals surface area (Å²) in [6, 6.07) is 11.6. The lowest BCUT2D eigenvalue weighted by Gasteiger charge is -2.04. The minimum Gasteiger partial charge on any atom is -0.399 e. The zero-order chi connectivity index (χ0) is 15.0. The van der Waals surface area contributed by atoms with Crippen LogP contribution in [0.3, 0.4) is 0 Å². The van der Waals surface area contributed by atoms with Crippen molar-refractivity contribution in [3.8, 4) is 16.9 Å². The molecule has 0 atom stereocenters. The molecule has 0 amide bonds. The SMILES string of the molecule is Cc1ccc(C)c(-c2cn(-c3ccc(N)cc3Cl)nn2)c1. The van der Waals surface area contributed by atoms with Gasteiger partial charge in [0.2, 0.25) is 0 Å². The molecule has 3 aromatic rings. The first-order chi connectivity index (χ1) is 10.0. The molecule has 0 saturated heterocycles. The Morgan fingerprint density at radius 3 is 2.67 bits per heavy atom. The molecule has 0 fully saturated rings. The summed E-state index contributed by atoms with van der Waals surface area (Å²) < 4.78 is 1.67. The molecule has 0 aliphatic carbocycles. The van der Waals surface area contributed by atoms with E-state index >= 15 is 0 Å². The predicted molar refractivity (Wildman–Crippen MR) is 85.7 cm³/mol. The van der Waals surface area contributed by atoms with Crippen LogP contribution in [-0.4, -0.2) is 15.0 Å². The highest BCUT2D eigenvalue weighted by atomic mass is 35.5. The van der Waals surface area contributed by atoms with Gasteiger partial charge in [0, 0.05) is 11.3 Å². The maximum Gasteiger partial charge on any atom is 0.113 e. The van der Waals surface area contributed by atoms with Crippen LogP contribution < -0.4 is 5.73 Å². The Morgan fingerprint density at radius 2 is 1.90 bits per heavy atom. The minimum absolute atomic E-state index is 0.549. The number of nitrogens with two attached hydrogens (primary N) is 1. The number of benzene rings is 2. The Morgan fingerprint density at radius 1 is 1.10 bits per heavy atom. The van der Waals surface area contributed by atoms with Gasteiger partial charge in [0.05, 0.1) is 16.9 Å². The molecule has 0 unspecified atom stereocenters. The Hall–Kier alpha value is -2.33. The van der Waals surface area contributed by atoms with Gasteiger partial charge in [-0.25, -0.2) is 4.68 Å². The monoisotopic (exact) mass is 298 g/mol. The third-order valence-corrected chi connectivity index (χ3v) is 3.68. The van der Waals surface area contributed by atoms with E-state index < -0.39 is 0 Å². The molecule has 1 aromatic heterocycles. The van der Waals surface area contributed by atoms with E-state index in [1.165, 1.54) is 5.56 Å². The van der Waals surface area contributed by atoms with Crippen LogP contribution in [0.5, 0.6) is 0 Å². The highest BCUT2D eigenvalue weighted by Gasteiger charge is 2.10. The van der Waals surface area contributed by atoms with Crippen LogP contribution in [0.2, 0.25) is 5.02 Å². The molecule has 5 heteroatoms. The van der Waals surface area contributed by atoms with E-state index in [0.717, 1.165) is 22.5 Å². The van der Waals surface area contributed by atoms with Gasteiger partial charge in [-0.05, 0) is 43.7 Å². The average molecular weight is 299 g/mol. The Balaban J connectivity index is 2.06. The summed E-state index contributed by atoms with van der Waals surface area (Å²) in [5.41, 5.74) is 11.3. The molecule has 4 nitrogen and oxygen atoms in total. The summed E-state index contributed by atoms with van der Waals surface area (Å²) >= 11 is 6.21. The van der Waals surface area contributed by atoms with E-state index in [2.05, 4.69) is 42.4 Å². The average Bonchev–Trinajstić information content (AvgIpc) is 2.91. The van der Waals surface area contributed by atoms with Gasteiger partial charge in [-0.3, -0.25) is 0 Å². The molecule has 0 saturated carbocycles. The van der Waals surface area contributed by atoms with Crippen molar-refractivity contribution in [2.45, 2.75) is 13.8 Å². The maximum atomic E-state index is 6.21. The molecule has 0 radical (unpaired) electrons. The number of hydrogen-bond donors (Lipinski definition) is 1. The second-order valence-corrected chi connectivity index (χ2v) is 5.48. The zero-order valence-electron chi connectivity index (χ0n) is 11.8. The van der Waals surface area contributed by atoms with Crippen molar-refractivity contribution in [3.05, 3.63) is 58.7 Å². The standard InChI is InChI=1S/C16H15ClN4/c1-10-3-4-11(2)13(7-10)15-9-21(20-19-15)16-6-5-12(18)8-14(16)17/h3-9H,18H2,1-2H3. The van der Waals surface area contributed by atoms with E-state index in [1.807, 2.05) is 12.3 Å². The Labute approximate surface area is 128 Å². The molecule has 106 valence electrons. The van der Waals surface area contributed by atoms with Gasteiger partial charge in [0.25, 0.3) is 0 Å². The van der Waals surface area contributed by atoms with Crippen LogP contribution in [0.4, 0.5) is 5.69 Å². The first-order valence-electron chi connectivity index (χ1n) is 6.60. The largest absolute Gasteiger partial charge is 0.399 e. The fourth-order valence-corrected chi connectivity index (χ4v) is 2.50. The lowest BCUT2D eigenvalue weighted by atomic mass is 10.0. The molecule has 2 N–H and O–H groups in total. The molecule has 21 heavy (non-hydrogen) atoms. The molecule has 0 aliphatic rings. The van der Waals surface area contributed by atoms with Crippen LogP contribution in [0.15, 0.2) is 42.6 Å². The van der Waals surface area contributed by atoms with Crippen molar-refractivity contribution in [2.75, 3.05) is 5.73 Å². The molecule has 0 spiro atoms. The molecule has 0 bridgehead atoms. The number of halogens is 1. The first kappa shape index (κ1) is 13.6. The van der Waals surface area contributed by atoms with Crippen LogP contribution in [-0.2, 0) is 0 Å². The number of nitrogens with zero attached hydrogens (tertiary/aromatic N) is 3. The number of nitrogen functional groups attached to an aromatic ring is 1. The van der Waals surface area contributed by atoms with Crippen molar-refractivity contribution in [2.24, 2.45) is 0 Å². The summed E-state index contributed by atoms with van der Waals surface area (Å²) in [5, 5.41) is 8.97. The van der Waals surface area contributed by atoms with Crippen molar-refractivity contribution in [1.82, 2.24) is 15.0 Å². The molecule has 0 aliphatic heterocycles. The van der Waals surface area contributed by atoms with Crippen LogP contribution in [0.25, 0.3) is 16.9 Å². The van der Waals surface area contributed by atoms with Gasteiger partial charge >= 0.3 is 0 Å². The predicted octanol–water partition coefficient (Wildman–Crippen LogP) is 3.79. The second kappa shape index (κ2) is 5.22. The summed E-state index contributed by atoms with van der Waals surface area (Å²) in [6.07, 6.45) is 1.87. The van der Waals surface area contributed by atoms with E-state index in [0.29, 0.717) is 10.7 Å². The number of aryl methyl sites for hydroxylation is 2. The number of rotatable bonds is 2. The summed E-state index contributed by atoms with van der Waals surface area (Å²) in [5.74, 6) is 0. The van der Waals surface area contributed by atoms with Gasteiger partial charge in [-0.2, -0.15) is 0 Å². The molecular formula is C16H15ClN4. The third kappa shape index (κ3) is 2.62. The highest BCUT2D eigenvalue weighted by molar-refractivity contribution is 6.32. The Kier molecular flexibility index (Phi) is 3.39. The smallest absolute Gasteiger partial charge is 0.113 e. The molecular weight excluding hydrogens is 284 g/mol. The summed E-state index contributed by atoms with van der Waals surface area (Å²) in [6.45, 7) is 4.12. The first-order valence-corrected chi connectivity index (χ1v) is 6.98. The van der Waals surface area contributed by atoms with Crippen LogP contribution in [0, 0.1) is 13.8 Å². The zero-order valence-corrected chi connectivity index (χ0v) is 12.6. The molecule has 2 aromatic carbocycles. The fraction of sp³-hybridized carbons (Fsp3) is 0.125. The van der Waals surface area contributed by atoms with Crippen molar-refractivity contribution < 1.29 is 0 Å². The normalized spacial score (nSPS) is 10.8. The van der Waals surface area contributed by atoms with Crippen LogP contribution in [0.1, 0.15) is 11.1 Å². The van der Waals surface area contributed by atoms with E-state index in [-0.39, 0.29) is 0 Å². The van der Waals surface area contributed by atoms with Gasteiger partial charge in [-0.15, -0.1) is 5.10 Å². The topological polar surface area (TPSA) is 56.7 Å². The van der Waals surface area contributed by atoms with Gasteiger partial charge in [0.1, 0.15) is 5.69 Å². The third-order valence-electron chi connectivity index (χ3n) is 3.38. The highest BCUT2D eigenvalue weighted by Crippen LogP contribution is 2.26. The van der Waals surface area contributed by atoms with Gasteiger partial charge in [-0.1, -0.05) is 34.5 Å². The summed E-state index contributed by atoms with van der Waals surface area (Å²) in [4.78, 5) is 0. The van der Waals surface area contributed by atoms with E-state index in [4.69, 9.17) is 17.3 Å². The van der Waals surface area contributed by atoms with Crippen LogP contribution >= 0.6 is 11.6 Å². The molecule has 1 heterocycles. The van der Waals surface area contributed by atoms with Crippen molar-refractivity contribution in [3.63, 3.8) is 0 Å². The van der Waals surface area contributed by atoms with Gasteiger partial charge in [0.15, 0.2) is 0 Å². The number of hydrogen-bond acceptors (Lipinski definition) is 3. The minimum atomic E-state index is 0.549. The lowest BCUT2D eigenvalue weighted by Crippen LogP contribution is -1.96. The fourth-order valence-electron chi connectivity index (χ4n) is 2.23. The number of anilines is 1. The Bertz CT molecular complexity index is 808.